The third-order valence-electron chi connectivity index (χ3n) is 4.18. The molecule has 3 aliphatic rings. The van der Waals surface area contributed by atoms with Gasteiger partial charge in [0, 0.05) is 12.8 Å². The average Bonchev–Trinajstić information content (AvgIpc) is 2.73. The third kappa shape index (κ3) is 1.88. The van der Waals surface area contributed by atoms with Gasteiger partial charge in [0.1, 0.15) is 24.9 Å². The first-order valence-electron chi connectivity index (χ1n) is 6.59. The van der Waals surface area contributed by atoms with Crippen molar-refractivity contribution in [3.8, 4) is 0 Å². The second-order valence-electron chi connectivity index (χ2n) is 5.49. The Hall–Kier alpha value is -0.240. The number of ether oxygens (including phenoxy) is 3. The second-order valence-corrected chi connectivity index (χ2v) is 5.49. The number of rotatable bonds is 0. The fraction of sp³-hybridized carbons (Fsp3) is 1.00. The maximum Gasteiger partial charge on any atom is 0.224 e. The first kappa shape index (κ1) is 12.8. The number of aliphatic hydroxyl groups is 3. The van der Waals surface area contributed by atoms with Gasteiger partial charge in [0.05, 0.1) is 6.61 Å². The van der Waals surface area contributed by atoms with Crippen molar-refractivity contribution in [3.63, 3.8) is 0 Å². The van der Waals surface area contributed by atoms with Crippen molar-refractivity contribution in [2.45, 2.75) is 62.0 Å². The van der Waals surface area contributed by atoms with Crippen molar-refractivity contribution in [1.29, 1.82) is 0 Å². The van der Waals surface area contributed by atoms with Crippen LogP contribution >= 0.6 is 0 Å². The first-order valence-corrected chi connectivity index (χ1v) is 6.59. The van der Waals surface area contributed by atoms with Gasteiger partial charge in [-0.1, -0.05) is 6.42 Å². The van der Waals surface area contributed by atoms with Crippen LogP contribution in [0.3, 0.4) is 0 Å². The summed E-state index contributed by atoms with van der Waals surface area (Å²) in [6.45, 7) is 0.0373. The van der Waals surface area contributed by atoms with Crippen molar-refractivity contribution >= 4 is 0 Å². The van der Waals surface area contributed by atoms with E-state index in [2.05, 4.69) is 0 Å². The Morgan fingerprint density at radius 3 is 2.39 bits per heavy atom. The van der Waals surface area contributed by atoms with Crippen LogP contribution < -0.4 is 0 Å². The Kier molecular flexibility index (Phi) is 3.12. The van der Waals surface area contributed by atoms with Crippen LogP contribution in [0, 0.1) is 0 Å². The zero-order chi connectivity index (χ0) is 12.8. The van der Waals surface area contributed by atoms with Gasteiger partial charge in [-0.3, -0.25) is 0 Å². The van der Waals surface area contributed by atoms with Crippen LogP contribution in [-0.2, 0) is 14.2 Å². The highest BCUT2D eigenvalue weighted by atomic mass is 16.8. The summed E-state index contributed by atoms with van der Waals surface area (Å²) in [6.07, 6.45) is 1.13. The Labute approximate surface area is 105 Å². The number of aliphatic hydroxyl groups excluding tert-OH is 3. The zero-order valence-electron chi connectivity index (χ0n) is 10.2. The van der Waals surface area contributed by atoms with Gasteiger partial charge >= 0.3 is 0 Å². The number of hydrogen-bond donors (Lipinski definition) is 3. The van der Waals surface area contributed by atoms with E-state index in [4.69, 9.17) is 14.2 Å². The molecule has 18 heavy (non-hydrogen) atoms. The van der Waals surface area contributed by atoms with E-state index in [0.29, 0.717) is 0 Å². The minimum Gasteiger partial charge on any atom is -0.388 e. The zero-order valence-corrected chi connectivity index (χ0v) is 10.2. The van der Waals surface area contributed by atoms with Gasteiger partial charge in [-0.2, -0.15) is 0 Å². The lowest BCUT2D eigenvalue weighted by Gasteiger charge is -2.42. The van der Waals surface area contributed by atoms with Crippen LogP contribution in [0.2, 0.25) is 0 Å². The van der Waals surface area contributed by atoms with Gasteiger partial charge in [0.25, 0.3) is 0 Å². The molecule has 0 aromatic heterocycles. The molecule has 2 spiro atoms. The molecule has 0 aromatic carbocycles. The van der Waals surface area contributed by atoms with E-state index in [1.165, 1.54) is 0 Å². The van der Waals surface area contributed by atoms with Crippen molar-refractivity contribution in [2.24, 2.45) is 0 Å². The summed E-state index contributed by atoms with van der Waals surface area (Å²) in [5, 5.41) is 29.3. The van der Waals surface area contributed by atoms with E-state index in [0.717, 1.165) is 32.1 Å². The quantitative estimate of drug-likeness (QED) is 0.544. The summed E-state index contributed by atoms with van der Waals surface area (Å²) in [7, 11) is 0. The molecular formula is C12H20O6. The summed E-state index contributed by atoms with van der Waals surface area (Å²) in [5.74, 6) is -2.00. The molecule has 2 heterocycles. The normalized spacial score (nSPS) is 47.8. The van der Waals surface area contributed by atoms with Gasteiger partial charge in [-0.15, -0.1) is 0 Å². The van der Waals surface area contributed by atoms with E-state index in [-0.39, 0.29) is 13.2 Å². The molecule has 6 nitrogen and oxygen atoms in total. The Morgan fingerprint density at radius 2 is 1.67 bits per heavy atom. The lowest BCUT2D eigenvalue weighted by atomic mass is 9.94. The van der Waals surface area contributed by atoms with Crippen molar-refractivity contribution in [1.82, 2.24) is 0 Å². The molecule has 0 bridgehead atoms. The van der Waals surface area contributed by atoms with E-state index >= 15 is 0 Å². The molecule has 4 atom stereocenters. The summed E-state index contributed by atoms with van der Waals surface area (Å²) in [6, 6.07) is 0. The highest BCUT2D eigenvalue weighted by Gasteiger charge is 2.60. The summed E-state index contributed by atoms with van der Waals surface area (Å²) in [5.41, 5.74) is 0. The lowest BCUT2D eigenvalue weighted by Crippen LogP contribution is -2.62. The van der Waals surface area contributed by atoms with E-state index < -0.39 is 29.9 Å². The van der Waals surface area contributed by atoms with Gasteiger partial charge in [0.15, 0.2) is 5.79 Å². The van der Waals surface area contributed by atoms with Crippen LogP contribution in [0.1, 0.15) is 32.1 Å². The second kappa shape index (κ2) is 4.40. The van der Waals surface area contributed by atoms with Gasteiger partial charge < -0.3 is 29.5 Å². The maximum atomic E-state index is 10.1. The van der Waals surface area contributed by atoms with Crippen LogP contribution in [0.4, 0.5) is 0 Å². The smallest absolute Gasteiger partial charge is 0.224 e. The third-order valence-corrected chi connectivity index (χ3v) is 4.18. The molecule has 6 heteroatoms. The van der Waals surface area contributed by atoms with Crippen LogP contribution in [-0.4, -0.2) is 58.4 Å². The standard InChI is InChI=1S/C12H20O6/c13-8-6-16-12(10(15)9(8)14)7-17-11(18-12)4-2-1-3-5-11/h8-10,13-15H,1-7H2. The Balaban J connectivity index is 1.77. The minimum absolute atomic E-state index is 0.0579. The Morgan fingerprint density at radius 1 is 0.944 bits per heavy atom. The molecule has 4 unspecified atom stereocenters. The van der Waals surface area contributed by atoms with E-state index in [9.17, 15) is 15.3 Å². The molecule has 3 rings (SSSR count). The summed E-state index contributed by atoms with van der Waals surface area (Å²) in [4.78, 5) is 0. The minimum atomic E-state index is -1.32. The largest absolute Gasteiger partial charge is 0.388 e. The van der Waals surface area contributed by atoms with Crippen molar-refractivity contribution in [3.05, 3.63) is 0 Å². The summed E-state index contributed by atoms with van der Waals surface area (Å²) >= 11 is 0. The van der Waals surface area contributed by atoms with E-state index in [1.807, 2.05) is 0 Å². The maximum absolute atomic E-state index is 10.1. The fourth-order valence-corrected chi connectivity index (χ4v) is 3.04. The molecular weight excluding hydrogens is 240 g/mol. The van der Waals surface area contributed by atoms with Crippen LogP contribution in [0.25, 0.3) is 0 Å². The van der Waals surface area contributed by atoms with Crippen molar-refractivity contribution in [2.75, 3.05) is 13.2 Å². The predicted octanol–water partition coefficient (Wildman–Crippen LogP) is -0.497. The van der Waals surface area contributed by atoms with Gasteiger partial charge in [-0.05, 0) is 12.8 Å². The molecule has 0 radical (unpaired) electrons. The molecule has 2 saturated heterocycles. The van der Waals surface area contributed by atoms with Crippen molar-refractivity contribution < 1.29 is 29.5 Å². The van der Waals surface area contributed by atoms with Gasteiger partial charge in [-0.25, -0.2) is 0 Å². The molecule has 3 fully saturated rings. The number of hydrogen-bond acceptors (Lipinski definition) is 6. The van der Waals surface area contributed by atoms with Crippen LogP contribution in [0.15, 0.2) is 0 Å². The summed E-state index contributed by atoms with van der Waals surface area (Å²) < 4.78 is 17.1. The molecule has 0 amide bonds. The van der Waals surface area contributed by atoms with Crippen LogP contribution in [0.5, 0.6) is 0 Å². The molecule has 0 aromatic rings. The van der Waals surface area contributed by atoms with Gasteiger partial charge in [0.2, 0.25) is 5.79 Å². The lowest BCUT2D eigenvalue weighted by molar-refractivity contribution is -0.346. The monoisotopic (exact) mass is 260 g/mol. The van der Waals surface area contributed by atoms with E-state index in [1.54, 1.807) is 0 Å². The molecule has 1 saturated carbocycles. The SMILES string of the molecule is OC1COC2(COC3(CCCCC3)O2)C(O)C1O. The first-order chi connectivity index (χ1) is 8.57. The average molecular weight is 260 g/mol. The molecule has 1 aliphatic carbocycles. The molecule has 2 aliphatic heterocycles. The topological polar surface area (TPSA) is 88.4 Å². The molecule has 3 N–H and O–H groups in total. The highest BCUT2D eigenvalue weighted by molar-refractivity contribution is 4.98. The predicted molar refractivity (Wildman–Crippen MR) is 59.6 cm³/mol. The molecule has 104 valence electrons. The Bertz CT molecular complexity index is 316. The fourth-order valence-electron chi connectivity index (χ4n) is 3.04. The highest BCUT2D eigenvalue weighted by Crippen LogP contribution is 2.45.